The van der Waals surface area contributed by atoms with Crippen molar-refractivity contribution in [2.45, 2.75) is 18.9 Å². The van der Waals surface area contributed by atoms with Crippen LogP contribution in [0.1, 0.15) is 35.0 Å². The van der Waals surface area contributed by atoms with Crippen LogP contribution in [0, 0.1) is 0 Å². The molecule has 4 nitrogen and oxygen atoms in total. The van der Waals surface area contributed by atoms with Gasteiger partial charge in [-0.1, -0.05) is 35.5 Å². The Labute approximate surface area is 105 Å². The van der Waals surface area contributed by atoms with E-state index in [0.29, 0.717) is 5.76 Å². The van der Waals surface area contributed by atoms with Crippen LogP contribution in [0.3, 0.4) is 0 Å². The van der Waals surface area contributed by atoms with Crippen LogP contribution >= 0.6 is 0 Å². The van der Waals surface area contributed by atoms with Gasteiger partial charge in [-0.3, -0.25) is 4.79 Å². The Morgan fingerprint density at radius 2 is 2.11 bits per heavy atom. The van der Waals surface area contributed by atoms with Gasteiger partial charge in [-0.05, 0) is 18.4 Å². The van der Waals surface area contributed by atoms with Gasteiger partial charge in [-0.2, -0.15) is 0 Å². The molecule has 1 aromatic heterocycles. The first-order chi connectivity index (χ1) is 8.86. The van der Waals surface area contributed by atoms with Gasteiger partial charge in [0.25, 0.3) is 5.91 Å². The summed E-state index contributed by atoms with van der Waals surface area (Å²) in [6.45, 7) is 0.777. The minimum atomic E-state index is -0.0705. The fourth-order valence-electron chi connectivity index (χ4n) is 2.50. The van der Waals surface area contributed by atoms with Crippen molar-refractivity contribution in [2.75, 3.05) is 6.54 Å². The summed E-state index contributed by atoms with van der Waals surface area (Å²) in [6, 6.07) is 11.9. The van der Waals surface area contributed by atoms with E-state index in [9.17, 15) is 4.79 Å². The van der Waals surface area contributed by atoms with E-state index in [1.54, 1.807) is 6.07 Å². The van der Waals surface area contributed by atoms with Crippen LogP contribution in [0.5, 0.6) is 0 Å². The maximum Gasteiger partial charge on any atom is 0.292 e. The molecule has 1 saturated heterocycles. The summed E-state index contributed by atoms with van der Waals surface area (Å²) in [5, 5.41) is 3.59. The Morgan fingerprint density at radius 3 is 2.83 bits per heavy atom. The van der Waals surface area contributed by atoms with Gasteiger partial charge in [-0.25, -0.2) is 0 Å². The molecule has 2 aromatic rings. The third-order valence-electron chi connectivity index (χ3n) is 3.35. The van der Waals surface area contributed by atoms with E-state index in [2.05, 4.69) is 17.3 Å². The van der Waals surface area contributed by atoms with Crippen molar-refractivity contribution >= 4 is 5.91 Å². The highest BCUT2D eigenvalue weighted by Gasteiger charge is 2.31. The lowest BCUT2D eigenvalue weighted by atomic mass is 10.0. The Morgan fingerprint density at radius 1 is 1.28 bits per heavy atom. The van der Waals surface area contributed by atoms with Gasteiger partial charge in [0.2, 0.25) is 5.76 Å². The molecule has 0 spiro atoms. The fourth-order valence-corrected chi connectivity index (χ4v) is 2.50. The molecule has 1 fully saturated rings. The summed E-state index contributed by atoms with van der Waals surface area (Å²) in [7, 11) is 0. The van der Waals surface area contributed by atoms with Gasteiger partial charge in [0, 0.05) is 12.6 Å². The number of carbonyl (C=O) groups excluding carboxylic acids is 1. The molecule has 1 atom stereocenters. The van der Waals surface area contributed by atoms with Crippen molar-refractivity contribution < 1.29 is 9.32 Å². The number of rotatable bonds is 2. The molecule has 3 rings (SSSR count). The standard InChI is InChI=1S/C14H14N2O2/c17-14(13-8-9-15-18-13)16-10-4-7-12(16)11-5-2-1-3-6-11/h1-3,5-6,8-9,12H,4,7,10H2/t12-/m0/s1. The zero-order valence-corrected chi connectivity index (χ0v) is 9.95. The van der Waals surface area contributed by atoms with E-state index in [1.807, 2.05) is 23.1 Å². The summed E-state index contributed by atoms with van der Waals surface area (Å²) >= 11 is 0. The summed E-state index contributed by atoms with van der Waals surface area (Å²) < 4.78 is 4.95. The number of carbonyl (C=O) groups is 1. The SMILES string of the molecule is O=C(c1ccno1)N1CCC[C@H]1c1ccccc1. The average molecular weight is 242 g/mol. The highest BCUT2D eigenvalue weighted by molar-refractivity contribution is 5.91. The quantitative estimate of drug-likeness (QED) is 0.813. The molecule has 0 radical (unpaired) electrons. The van der Waals surface area contributed by atoms with E-state index in [4.69, 9.17) is 4.52 Å². The molecule has 18 heavy (non-hydrogen) atoms. The minimum absolute atomic E-state index is 0.0705. The zero-order chi connectivity index (χ0) is 12.4. The molecule has 0 unspecified atom stereocenters. The Balaban J connectivity index is 1.86. The normalized spacial score (nSPS) is 19.1. The molecule has 0 saturated carbocycles. The molecule has 1 aliphatic rings. The smallest absolute Gasteiger partial charge is 0.292 e. The van der Waals surface area contributed by atoms with E-state index < -0.39 is 0 Å². The van der Waals surface area contributed by atoms with Gasteiger partial charge < -0.3 is 9.42 Å². The maximum absolute atomic E-state index is 12.3. The van der Waals surface area contributed by atoms with Crippen LogP contribution in [-0.2, 0) is 0 Å². The molecule has 92 valence electrons. The molecule has 1 aliphatic heterocycles. The molecule has 0 N–H and O–H groups in total. The van der Waals surface area contributed by atoms with Gasteiger partial charge >= 0.3 is 0 Å². The second kappa shape index (κ2) is 4.64. The molecule has 0 aliphatic carbocycles. The molecule has 1 aromatic carbocycles. The number of nitrogens with zero attached hydrogens (tertiary/aromatic N) is 2. The van der Waals surface area contributed by atoms with Crippen molar-refractivity contribution in [1.29, 1.82) is 0 Å². The van der Waals surface area contributed by atoms with E-state index in [1.165, 1.54) is 11.8 Å². The number of benzene rings is 1. The average Bonchev–Trinajstić information content (AvgIpc) is 3.10. The van der Waals surface area contributed by atoms with Gasteiger partial charge in [-0.15, -0.1) is 0 Å². The van der Waals surface area contributed by atoms with Crippen molar-refractivity contribution in [3.63, 3.8) is 0 Å². The predicted molar refractivity (Wildman–Crippen MR) is 66.0 cm³/mol. The first-order valence-corrected chi connectivity index (χ1v) is 6.13. The molecular weight excluding hydrogens is 228 g/mol. The number of aromatic nitrogens is 1. The van der Waals surface area contributed by atoms with Crippen LogP contribution in [-0.4, -0.2) is 22.5 Å². The topological polar surface area (TPSA) is 46.3 Å². The summed E-state index contributed by atoms with van der Waals surface area (Å²) in [6.07, 6.45) is 3.53. The Kier molecular flexibility index (Phi) is 2.84. The lowest BCUT2D eigenvalue weighted by Crippen LogP contribution is -2.30. The largest absolute Gasteiger partial charge is 0.351 e. The first kappa shape index (κ1) is 11.0. The van der Waals surface area contributed by atoms with Crippen LogP contribution in [0.15, 0.2) is 47.1 Å². The van der Waals surface area contributed by atoms with Crippen molar-refractivity contribution in [3.05, 3.63) is 53.9 Å². The lowest BCUT2D eigenvalue weighted by molar-refractivity contribution is 0.0693. The predicted octanol–water partition coefficient (Wildman–Crippen LogP) is 2.65. The highest BCUT2D eigenvalue weighted by atomic mass is 16.5. The Hall–Kier alpha value is -2.10. The van der Waals surface area contributed by atoms with E-state index in [-0.39, 0.29) is 11.9 Å². The number of amides is 1. The van der Waals surface area contributed by atoms with Gasteiger partial charge in [0.05, 0.1) is 12.2 Å². The maximum atomic E-state index is 12.3. The highest BCUT2D eigenvalue weighted by Crippen LogP contribution is 2.32. The third-order valence-corrected chi connectivity index (χ3v) is 3.35. The second-order valence-corrected chi connectivity index (χ2v) is 4.44. The van der Waals surface area contributed by atoms with Crippen LogP contribution in [0.25, 0.3) is 0 Å². The second-order valence-electron chi connectivity index (χ2n) is 4.44. The summed E-state index contributed by atoms with van der Waals surface area (Å²) in [5.41, 5.74) is 1.18. The number of likely N-dealkylation sites (tertiary alicyclic amines) is 1. The van der Waals surface area contributed by atoms with Crippen LogP contribution in [0.4, 0.5) is 0 Å². The Bertz CT molecular complexity index is 522. The summed E-state index contributed by atoms with van der Waals surface area (Å²) in [4.78, 5) is 14.2. The van der Waals surface area contributed by atoms with Crippen LogP contribution < -0.4 is 0 Å². The van der Waals surface area contributed by atoms with Crippen molar-refractivity contribution in [3.8, 4) is 0 Å². The zero-order valence-electron chi connectivity index (χ0n) is 9.95. The molecular formula is C14H14N2O2. The van der Waals surface area contributed by atoms with Crippen molar-refractivity contribution in [1.82, 2.24) is 10.1 Å². The van der Waals surface area contributed by atoms with Gasteiger partial charge in [0.15, 0.2) is 0 Å². The lowest BCUT2D eigenvalue weighted by Gasteiger charge is -2.23. The number of hydrogen-bond donors (Lipinski definition) is 0. The summed E-state index contributed by atoms with van der Waals surface area (Å²) in [5.74, 6) is 0.247. The van der Waals surface area contributed by atoms with Crippen LogP contribution in [0.2, 0.25) is 0 Å². The monoisotopic (exact) mass is 242 g/mol. The minimum Gasteiger partial charge on any atom is -0.351 e. The first-order valence-electron chi connectivity index (χ1n) is 6.13. The fraction of sp³-hybridized carbons (Fsp3) is 0.286. The molecule has 0 bridgehead atoms. The van der Waals surface area contributed by atoms with Crippen molar-refractivity contribution in [2.24, 2.45) is 0 Å². The molecule has 4 heteroatoms. The molecule has 1 amide bonds. The van der Waals surface area contributed by atoms with Gasteiger partial charge in [0.1, 0.15) is 0 Å². The van der Waals surface area contributed by atoms with E-state index in [0.717, 1.165) is 19.4 Å². The number of hydrogen-bond acceptors (Lipinski definition) is 3. The van der Waals surface area contributed by atoms with E-state index >= 15 is 0 Å². The third kappa shape index (κ3) is 1.90. The molecule has 2 heterocycles.